The second-order valence-electron chi connectivity index (χ2n) is 6.53. The van der Waals surface area contributed by atoms with Gasteiger partial charge in [0.25, 0.3) is 0 Å². The van der Waals surface area contributed by atoms with Gasteiger partial charge in [-0.2, -0.15) is 0 Å². The molecule has 0 bridgehead atoms. The van der Waals surface area contributed by atoms with Crippen LogP contribution < -0.4 is 0 Å². The quantitative estimate of drug-likeness (QED) is 0.629. The van der Waals surface area contributed by atoms with Crippen molar-refractivity contribution in [1.29, 1.82) is 0 Å². The molecule has 0 amide bonds. The summed E-state index contributed by atoms with van der Waals surface area (Å²) in [6.45, 7) is 11.1. The van der Waals surface area contributed by atoms with Crippen molar-refractivity contribution in [3.63, 3.8) is 0 Å². The van der Waals surface area contributed by atoms with Crippen LogP contribution in [0.25, 0.3) is 10.9 Å². The average molecular weight is 301 g/mol. The number of para-hydroxylation sites is 1. The van der Waals surface area contributed by atoms with E-state index in [4.69, 9.17) is 4.74 Å². The highest BCUT2D eigenvalue weighted by Gasteiger charge is 2.24. The van der Waals surface area contributed by atoms with Gasteiger partial charge in [0.15, 0.2) is 0 Å². The molecule has 0 fully saturated rings. The largest absolute Gasteiger partial charge is 0.462 e. The molecule has 0 atom stereocenters. The molecule has 112 valence electrons. The maximum atomic E-state index is 12.4. The van der Waals surface area contributed by atoms with E-state index in [-0.39, 0.29) is 5.97 Å². The third-order valence-corrected chi connectivity index (χ3v) is 4.78. The van der Waals surface area contributed by atoms with Crippen molar-refractivity contribution in [2.24, 2.45) is 0 Å². The number of ether oxygens (including phenoxy) is 1. The lowest BCUT2D eigenvalue weighted by atomic mass is 10.0. The summed E-state index contributed by atoms with van der Waals surface area (Å²) in [6.07, 6.45) is 0. The summed E-state index contributed by atoms with van der Waals surface area (Å²) < 4.78 is 5.25. The number of hydrogen-bond donors (Lipinski definition) is 0. The summed E-state index contributed by atoms with van der Waals surface area (Å²) >= 11 is 0. The van der Waals surface area contributed by atoms with E-state index in [1.807, 2.05) is 32.0 Å². The molecule has 0 N–H and O–H groups in total. The van der Waals surface area contributed by atoms with Crippen LogP contribution in [-0.2, 0) is 10.8 Å². The average Bonchev–Trinajstić information content (AvgIpc) is 2.37. The lowest BCUT2D eigenvalue weighted by Crippen LogP contribution is -2.26. The summed E-state index contributed by atoms with van der Waals surface area (Å²) in [7, 11) is -1.37. The number of aromatic nitrogens is 1. The first kappa shape index (κ1) is 15.7. The van der Waals surface area contributed by atoms with Gasteiger partial charge in [-0.3, -0.25) is 4.98 Å². The first-order valence-corrected chi connectivity index (χ1v) is 11.1. The normalized spacial score (nSPS) is 11.7. The Labute approximate surface area is 127 Å². The molecule has 0 radical (unpaired) electrons. The summed E-state index contributed by atoms with van der Waals surface area (Å²) in [6, 6.07) is 9.00. The van der Waals surface area contributed by atoms with E-state index in [0.717, 1.165) is 28.2 Å². The second kappa shape index (κ2) is 5.98. The van der Waals surface area contributed by atoms with E-state index in [1.165, 1.54) is 0 Å². The van der Waals surface area contributed by atoms with Crippen molar-refractivity contribution in [1.82, 2.24) is 4.98 Å². The summed E-state index contributed by atoms with van der Waals surface area (Å²) in [4.78, 5) is 17.0. The van der Waals surface area contributed by atoms with Crippen LogP contribution in [0.3, 0.4) is 0 Å². The van der Waals surface area contributed by atoms with Crippen LogP contribution in [0.1, 0.15) is 28.5 Å². The molecule has 0 unspecified atom stereocenters. The molecule has 2 rings (SSSR count). The Bertz CT molecular complexity index is 674. The van der Waals surface area contributed by atoms with Gasteiger partial charge in [0.2, 0.25) is 0 Å². The molecule has 0 spiro atoms. The Balaban J connectivity index is 2.72. The fraction of sp³-hybridized carbons (Fsp3) is 0.412. The highest BCUT2D eigenvalue weighted by atomic mass is 28.3. The number of hydrogen-bond acceptors (Lipinski definition) is 3. The van der Waals surface area contributed by atoms with Crippen LogP contribution in [0.15, 0.2) is 24.3 Å². The molecule has 0 aliphatic carbocycles. The fourth-order valence-corrected chi connectivity index (χ4v) is 4.03. The minimum atomic E-state index is -1.37. The van der Waals surface area contributed by atoms with E-state index in [0.29, 0.717) is 12.2 Å². The van der Waals surface area contributed by atoms with E-state index in [9.17, 15) is 4.79 Å². The van der Waals surface area contributed by atoms with E-state index >= 15 is 0 Å². The van der Waals surface area contributed by atoms with Crippen LogP contribution in [0, 0.1) is 6.92 Å². The maximum absolute atomic E-state index is 12.4. The standard InChI is InChI=1S/C17H23NO2Si/c1-6-20-17(19)16-12(2)18-15-10-8-7-9-13(15)14(16)11-21(3,4)5/h7-10H,6,11H2,1-5H3. The van der Waals surface area contributed by atoms with E-state index in [2.05, 4.69) is 30.7 Å². The number of nitrogens with zero attached hydrogens (tertiary/aromatic N) is 1. The molecule has 2 aromatic rings. The molecular formula is C17H23NO2Si. The lowest BCUT2D eigenvalue weighted by Gasteiger charge is -2.21. The van der Waals surface area contributed by atoms with Gasteiger partial charge in [-0.1, -0.05) is 37.8 Å². The molecular weight excluding hydrogens is 278 g/mol. The number of carbonyl (C=O) groups excluding carboxylic acids is 1. The molecule has 1 aromatic carbocycles. The highest BCUT2D eigenvalue weighted by molar-refractivity contribution is 6.75. The van der Waals surface area contributed by atoms with Crippen LogP contribution >= 0.6 is 0 Å². The number of aryl methyl sites for hydroxylation is 1. The van der Waals surface area contributed by atoms with Crippen LogP contribution in [0.4, 0.5) is 0 Å². The lowest BCUT2D eigenvalue weighted by molar-refractivity contribution is 0.0524. The Morgan fingerprint density at radius 2 is 1.90 bits per heavy atom. The van der Waals surface area contributed by atoms with Gasteiger partial charge >= 0.3 is 5.97 Å². The molecule has 1 aromatic heterocycles. The summed E-state index contributed by atoms with van der Waals surface area (Å²) in [5.74, 6) is -0.249. The number of pyridine rings is 1. The van der Waals surface area contributed by atoms with Crippen LogP contribution in [0.5, 0.6) is 0 Å². The van der Waals surface area contributed by atoms with Crippen molar-refractivity contribution >= 4 is 24.9 Å². The zero-order chi connectivity index (χ0) is 15.6. The number of fused-ring (bicyclic) bond motifs is 1. The van der Waals surface area contributed by atoms with Crippen molar-refractivity contribution < 1.29 is 9.53 Å². The molecule has 0 aliphatic heterocycles. The fourth-order valence-electron chi connectivity index (χ4n) is 2.60. The van der Waals surface area contributed by atoms with E-state index < -0.39 is 8.07 Å². The molecule has 0 aliphatic rings. The minimum Gasteiger partial charge on any atom is -0.462 e. The first-order chi connectivity index (χ1) is 9.83. The van der Waals surface area contributed by atoms with Gasteiger partial charge in [0.1, 0.15) is 0 Å². The Morgan fingerprint density at radius 1 is 1.24 bits per heavy atom. The molecule has 1 heterocycles. The van der Waals surface area contributed by atoms with Gasteiger partial charge in [-0.05, 0) is 31.5 Å². The number of benzene rings is 1. The van der Waals surface area contributed by atoms with Crippen molar-refractivity contribution in [2.75, 3.05) is 6.61 Å². The van der Waals surface area contributed by atoms with Gasteiger partial charge in [-0.25, -0.2) is 4.79 Å². The van der Waals surface area contributed by atoms with Crippen LogP contribution in [0.2, 0.25) is 19.6 Å². The topological polar surface area (TPSA) is 39.2 Å². The first-order valence-electron chi connectivity index (χ1n) is 7.39. The third kappa shape index (κ3) is 3.50. The predicted octanol–water partition coefficient (Wildman–Crippen LogP) is 4.14. The molecule has 4 heteroatoms. The SMILES string of the molecule is CCOC(=O)c1c(C)nc2ccccc2c1C[Si](C)(C)C. The van der Waals surface area contributed by atoms with Gasteiger partial charge < -0.3 is 4.74 Å². The summed E-state index contributed by atoms with van der Waals surface area (Å²) in [5.41, 5.74) is 3.49. The molecule has 0 saturated heterocycles. The highest BCUT2D eigenvalue weighted by Crippen LogP contribution is 2.27. The monoisotopic (exact) mass is 301 g/mol. The van der Waals surface area contributed by atoms with Gasteiger partial charge in [-0.15, -0.1) is 0 Å². The number of esters is 1. The van der Waals surface area contributed by atoms with Crippen molar-refractivity contribution in [3.8, 4) is 0 Å². The van der Waals surface area contributed by atoms with Crippen molar-refractivity contribution in [3.05, 3.63) is 41.1 Å². The second-order valence-corrected chi connectivity index (χ2v) is 12.0. The maximum Gasteiger partial charge on any atom is 0.340 e. The Morgan fingerprint density at radius 3 is 2.52 bits per heavy atom. The Hall–Kier alpha value is -1.68. The number of carbonyl (C=O) groups is 1. The smallest absolute Gasteiger partial charge is 0.340 e. The third-order valence-electron chi connectivity index (χ3n) is 3.37. The molecule has 0 saturated carbocycles. The van der Waals surface area contributed by atoms with Crippen molar-refractivity contribution in [2.45, 2.75) is 39.5 Å². The zero-order valence-corrected chi connectivity index (χ0v) is 14.5. The predicted molar refractivity (Wildman–Crippen MR) is 89.5 cm³/mol. The van der Waals surface area contributed by atoms with Crippen LogP contribution in [-0.4, -0.2) is 25.6 Å². The number of rotatable bonds is 4. The Kier molecular flexibility index (Phi) is 4.47. The zero-order valence-electron chi connectivity index (χ0n) is 13.5. The van der Waals surface area contributed by atoms with E-state index in [1.54, 1.807) is 0 Å². The molecule has 3 nitrogen and oxygen atoms in total. The summed E-state index contributed by atoms with van der Waals surface area (Å²) in [5, 5.41) is 1.08. The molecule has 21 heavy (non-hydrogen) atoms. The van der Waals surface area contributed by atoms with Gasteiger partial charge in [0.05, 0.1) is 23.4 Å². The van der Waals surface area contributed by atoms with Gasteiger partial charge in [0, 0.05) is 13.5 Å². The minimum absolute atomic E-state index is 0.249.